The molecule has 13 atom stereocenters. The smallest absolute Gasteiger partial charge is 0.339 e. The molecule has 288 valence electrons. The highest BCUT2D eigenvalue weighted by atomic mass is 16.7. The van der Waals surface area contributed by atoms with Crippen LogP contribution in [0.5, 0.6) is 0 Å². The quantitative estimate of drug-likeness (QED) is 0.212. The predicted octanol–water partition coefficient (Wildman–Crippen LogP) is 4.70. The molecule has 6 heterocycles. The summed E-state index contributed by atoms with van der Waals surface area (Å²) in [5.41, 5.74) is -3.83. The predicted molar refractivity (Wildman–Crippen MR) is 190 cm³/mol. The van der Waals surface area contributed by atoms with Gasteiger partial charge in [0.1, 0.15) is 30.2 Å². The van der Waals surface area contributed by atoms with Crippen LogP contribution in [0.15, 0.2) is 28.9 Å². The zero-order valence-electron chi connectivity index (χ0n) is 31.4. The van der Waals surface area contributed by atoms with Crippen molar-refractivity contribution in [2.24, 2.45) is 45.8 Å². The van der Waals surface area contributed by atoms with Crippen LogP contribution in [0.2, 0.25) is 0 Å². The van der Waals surface area contributed by atoms with Crippen LogP contribution in [0.3, 0.4) is 0 Å². The Bertz CT molecular complexity index is 1710. The van der Waals surface area contributed by atoms with Gasteiger partial charge in [0.25, 0.3) is 0 Å². The molecule has 1 aromatic heterocycles. The molecule has 4 aliphatic carbocycles. The number of hydrogen-bond donors (Lipinski definition) is 3. The van der Waals surface area contributed by atoms with Crippen LogP contribution in [-0.4, -0.2) is 78.2 Å². The first kappa shape index (κ1) is 34.9. The number of fused-ring (bicyclic) bond motifs is 1. The van der Waals surface area contributed by atoms with E-state index in [-0.39, 0.29) is 36.6 Å². The van der Waals surface area contributed by atoms with E-state index < -0.39 is 63.8 Å². The lowest BCUT2D eigenvalue weighted by molar-refractivity contribution is -0.275. The Balaban J connectivity index is 1.03. The summed E-state index contributed by atoms with van der Waals surface area (Å²) in [6.45, 7) is 7.97. The van der Waals surface area contributed by atoms with Gasteiger partial charge in [0, 0.05) is 47.5 Å². The van der Waals surface area contributed by atoms with Crippen molar-refractivity contribution in [1.29, 1.82) is 0 Å². The summed E-state index contributed by atoms with van der Waals surface area (Å²) in [5.74, 6) is -0.159. The molecule has 0 amide bonds. The Labute approximate surface area is 311 Å². The minimum absolute atomic E-state index is 0.0605. The van der Waals surface area contributed by atoms with Crippen molar-refractivity contribution in [3.05, 3.63) is 35.8 Å². The van der Waals surface area contributed by atoms with E-state index in [9.17, 15) is 14.7 Å². The van der Waals surface area contributed by atoms with Crippen molar-refractivity contribution in [3.8, 4) is 0 Å². The summed E-state index contributed by atoms with van der Waals surface area (Å²) in [6.07, 6.45) is 13.1. The van der Waals surface area contributed by atoms with Gasteiger partial charge in [-0.05, 0) is 88.5 Å². The van der Waals surface area contributed by atoms with Crippen molar-refractivity contribution < 1.29 is 42.9 Å². The molecule has 11 nitrogen and oxygen atoms in total. The summed E-state index contributed by atoms with van der Waals surface area (Å²) in [7, 11) is 0. The van der Waals surface area contributed by atoms with Gasteiger partial charge in [0.2, 0.25) is 0 Å². The number of epoxide rings is 1. The Morgan fingerprint density at radius 1 is 0.962 bits per heavy atom. The normalized spacial score (nSPS) is 48.5. The second kappa shape index (κ2) is 12.0. The number of ketones is 1. The number of allylic oxidation sites excluding steroid dienone is 1. The fraction of sp³-hybridized carbons (Fsp3) is 0.786. The number of aliphatic hydroxyl groups is 1. The average Bonchev–Trinajstić information content (AvgIpc) is 3.43. The summed E-state index contributed by atoms with van der Waals surface area (Å²) in [4.78, 5) is 42.2. The van der Waals surface area contributed by atoms with Crippen molar-refractivity contribution in [2.45, 2.75) is 139 Å². The van der Waals surface area contributed by atoms with Gasteiger partial charge in [0.05, 0.1) is 30.3 Å². The largest absolute Gasteiger partial charge is 0.469 e. The molecule has 5 saturated heterocycles. The number of hydrogen-bond acceptors (Lipinski definition) is 11. The Morgan fingerprint density at radius 2 is 1.79 bits per heavy atom. The minimum Gasteiger partial charge on any atom is -0.469 e. The third kappa shape index (κ3) is 4.49. The zero-order chi connectivity index (χ0) is 36.5. The maximum atomic E-state index is 15.1. The lowest BCUT2D eigenvalue weighted by Gasteiger charge is -2.70. The topological polar surface area (TPSA) is 149 Å². The molecule has 0 unspecified atom stereocenters. The maximum Gasteiger partial charge on any atom is 0.339 e. The van der Waals surface area contributed by atoms with Gasteiger partial charge >= 0.3 is 11.9 Å². The van der Waals surface area contributed by atoms with Gasteiger partial charge < -0.3 is 33.8 Å². The first-order valence-electron chi connectivity index (χ1n) is 20.6. The van der Waals surface area contributed by atoms with E-state index in [0.29, 0.717) is 37.1 Å². The van der Waals surface area contributed by atoms with Gasteiger partial charge in [-0.15, -0.1) is 0 Å². The molecule has 2 spiro atoms. The lowest BCUT2D eigenvalue weighted by Crippen LogP contribution is -2.79. The fourth-order valence-corrected chi connectivity index (χ4v) is 14.4. The highest BCUT2D eigenvalue weighted by Crippen LogP contribution is 2.82. The summed E-state index contributed by atoms with van der Waals surface area (Å²) < 4.78 is 32.2. The van der Waals surface area contributed by atoms with E-state index in [1.54, 1.807) is 6.26 Å². The highest BCUT2D eigenvalue weighted by Gasteiger charge is 2.92. The van der Waals surface area contributed by atoms with Crippen molar-refractivity contribution >= 4 is 17.7 Å². The number of Topliss-reactive ketones (excluding diaryl/α,β-unsaturated/α-hetero) is 1. The van der Waals surface area contributed by atoms with Gasteiger partial charge in [-0.3, -0.25) is 14.9 Å². The molecule has 3 N–H and O–H groups in total. The van der Waals surface area contributed by atoms with Gasteiger partial charge in [-0.25, -0.2) is 4.79 Å². The number of carbonyl (C=O) groups excluding carboxylic acids is 3. The standard InChI is InChI=1S/C42H56N2O9/c1-38(2)33-32(46)34(47)41(25-7-5-4-6-8-25)29(40(33)21-50-31(45)19-30(40)52-38)15-17-39(3)35(51-37(48)36-42(39,41)53-36)26-16-18-49-28(26)14-11-23-9-12-24(13-10-23)27-20-43-22-44-27/h9,12,16,18,23-25,27,29-30,33-36,43-44,47H,4-8,10-11,13-15,17,19-22H2,1-3H3/t23-,24+,27+,29-,30+,33-,34-,35+,36-,39+,40+,41+,42-/m1/s1. The molecule has 11 heteroatoms. The molecule has 0 bridgehead atoms. The van der Waals surface area contributed by atoms with Crippen LogP contribution in [0.1, 0.15) is 109 Å². The van der Waals surface area contributed by atoms with Crippen LogP contribution in [0.4, 0.5) is 0 Å². The number of ether oxygens (including phenoxy) is 4. The number of cyclic esters (lactones) is 2. The fourth-order valence-electron chi connectivity index (χ4n) is 14.4. The van der Waals surface area contributed by atoms with Crippen LogP contribution in [0, 0.1) is 45.8 Å². The molecule has 53 heavy (non-hydrogen) atoms. The van der Waals surface area contributed by atoms with Crippen molar-refractivity contribution in [2.75, 3.05) is 19.8 Å². The van der Waals surface area contributed by atoms with Crippen LogP contribution >= 0.6 is 0 Å². The molecule has 1 aromatic rings. The van der Waals surface area contributed by atoms with Crippen LogP contribution < -0.4 is 10.6 Å². The lowest BCUT2D eigenvalue weighted by atomic mass is 9.33. The average molecular weight is 733 g/mol. The summed E-state index contributed by atoms with van der Waals surface area (Å²) in [6, 6.07) is 2.45. The van der Waals surface area contributed by atoms with E-state index in [1.165, 1.54) is 0 Å². The number of aliphatic hydroxyl groups excluding tert-OH is 1. The van der Waals surface area contributed by atoms with E-state index in [0.717, 1.165) is 75.9 Å². The van der Waals surface area contributed by atoms with Crippen LogP contribution in [-0.2, 0) is 39.8 Å². The molecule has 0 radical (unpaired) electrons. The first-order chi connectivity index (χ1) is 25.5. The van der Waals surface area contributed by atoms with Gasteiger partial charge in [-0.2, -0.15) is 0 Å². The Morgan fingerprint density at radius 3 is 2.55 bits per heavy atom. The monoisotopic (exact) mass is 732 g/mol. The summed E-state index contributed by atoms with van der Waals surface area (Å²) >= 11 is 0. The molecule has 3 saturated carbocycles. The highest BCUT2D eigenvalue weighted by molar-refractivity contribution is 5.92. The molecule has 5 aliphatic heterocycles. The van der Waals surface area contributed by atoms with Gasteiger partial charge in [0.15, 0.2) is 11.9 Å². The first-order valence-corrected chi connectivity index (χ1v) is 20.6. The van der Waals surface area contributed by atoms with E-state index in [1.807, 2.05) is 19.9 Å². The number of nitrogens with one attached hydrogen (secondary N) is 2. The second-order valence-electron chi connectivity index (χ2n) is 18.9. The maximum absolute atomic E-state index is 15.1. The number of aryl methyl sites for hydroxylation is 1. The van der Waals surface area contributed by atoms with Gasteiger partial charge in [-0.1, -0.05) is 38.3 Å². The third-order valence-electron chi connectivity index (χ3n) is 16.4. The zero-order valence-corrected chi connectivity index (χ0v) is 31.4. The second-order valence-corrected chi connectivity index (χ2v) is 18.9. The number of carbonyl (C=O) groups is 3. The molecular formula is C42H56N2O9. The Hall–Kier alpha value is -2.57. The summed E-state index contributed by atoms with van der Waals surface area (Å²) in [5, 5.41) is 19.9. The molecular weight excluding hydrogens is 676 g/mol. The van der Waals surface area contributed by atoms with E-state index in [4.69, 9.17) is 23.4 Å². The van der Waals surface area contributed by atoms with E-state index >= 15 is 4.79 Å². The molecule has 10 rings (SSSR count). The molecule has 0 aromatic carbocycles. The minimum atomic E-state index is -1.36. The van der Waals surface area contributed by atoms with Crippen molar-refractivity contribution in [1.82, 2.24) is 10.6 Å². The SMILES string of the molecule is CC1(C)O[C@H]2CC(=O)OC[C@@]23[C@@H]1C(=O)[C@@H](O)[C@]1(C2CCCCC2)[C@@H]3CC[C@@]2(C)[C@H](c3ccoc3CC[C@@H]3C=C[C@H]([C@@H]4CNCN4)CC3)OC(=O)[C@H]3O[C@@]312. The van der Waals surface area contributed by atoms with Crippen molar-refractivity contribution in [3.63, 3.8) is 0 Å². The molecule has 9 aliphatic rings. The third-order valence-corrected chi connectivity index (χ3v) is 16.4. The Kier molecular flexibility index (Phi) is 7.88. The number of rotatable bonds is 6. The number of furan rings is 1. The number of esters is 2. The van der Waals surface area contributed by atoms with Crippen LogP contribution in [0.25, 0.3) is 0 Å². The molecule has 8 fully saturated rings. The van der Waals surface area contributed by atoms with E-state index in [2.05, 4.69) is 29.7 Å².